The standard InChI is InChI=1S/C15H11ClO2/c1-2-15(18)13-8-7-12(17)9-14(13)10-3-5-11(16)6-4-10/h2-9,17H,1H2. The average Bonchev–Trinajstić information content (AvgIpc) is 2.38. The summed E-state index contributed by atoms with van der Waals surface area (Å²) in [5, 5.41) is 10.2. The first-order valence-electron chi connectivity index (χ1n) is 5.37. The van der Waals surface area contributed by atoms with E-state index < -0.39 is 0 Å². The molecule has 0 unspecified atom stereocenters. The predicted octanol–water partition coefficient (Wildman–Crippen LogP) is 4.08. The molecule has 0 saturated heterocycles. The highest BCUT2D eigenvalue weighted by Gasteiger charge is 2.11. The molecule has 2 aromatic rings. The van der Waals surface area contributed by atoms with E-state index in [4.69, 9.17) is 11.6 Å². The van der Waals surface area contributed by atoms with Crippen LogP contribution >= 0.6 is 11.6 Å². The van der Waals surface area contributed by atoms with Crippen molar-refractivity contribution in [1.29, 1.82) is 0 Å². The zero-order valence-corrected chi connectivity index (χ0v) is 10.3. The number of allylic oxidation sites excluding steroid dienone is 1. The van der Waals surface area contributed by atoms with Gasteiger partial charge in [-0.2, -0.15) is 0 Å². The molecule has 0 heterocycles. The van der Waals surface area contributed by atoms with Crippen molar-refractivity contribution in [2.75, 3.05) is 0 Å². The van der Waals surface area contributed by atoms with Crippen molar-refractivity contribution in [1.82, 2.24) is 0 Å². The second kappa shape index (κ2) is 5.07. The maximum absolute atomic E-state index is 11.8. The van der Waals surface area contributed by atoms with Gasteiger partial charge in [-0.25, -0.2) is 0 Å². The lowest BCUT2D eigenvalue weighted by Crippen LogP contribution is -1.97. The predicted molar refractivity (Wildman–Crippen MR) is 73.1 cm³/mol. The number of aromatic hydroxyl groups is 1. The van der Waals surface area contributed by atoms with E-state index in [0.717, 1.165) is 5.56 Å². The van der Waals surface area contributed by atoms with Crippen LogP contribution in [0.4, 0.5) is 0 Å². The SMILES string of the molecule is C=CC(=O)c1ccc(O)cc1-c1ccc(Cl)cc1. The van der Waals surface area contributed by atoms with Gasteiger partial charge in [-0.15, -0.1) is 0 Å². The molecule has 0 radical (unpaired) electrons. The summed E-state index contributed by atoms with van der Waals surface area (Å²) in [5.41, 5.74) is 1.99. The number of halogens is 1. The van der Waals surface area contributed by atoms with Crippen LogP contribution in [0.5, 0.6) is 5.75 Å². The number of carbonyl (C=O) groups excluding carboxylic acids is 1. The summed E-state index contributed by atoms with van der Waals surface area (Å²) in [6.07, 6.45) is 1.26. The summed E-state index contributed by atoms with van der Waals surface area (Å²) in [6.45, 7) is 3.48. The molecule has 2 nitrogen and oxygen atoms in total. The quantitative estimate of drug-likeness (QED) is 0.665. The maximum Gasteiger partial charge on any atom is 0.185 e. The molecule has 3 heteroatoms. The van der Waals surface area contributed by atoms with Gasteiger partial charge in [0.2, 0.25) is 0 Å². The minimum atomic E-state index is -0.181. The van der Waals surface area contributed by atoms with Gasteiger partial charge >= 0.3 is 0 Å². The molecule has 0 spiro atoms. The Hall–Kier alpha value is -2.06. The summed E-state index contributed by atoms with van der Waals surface area (Å²) in [7, 11) is 0. The smallest absolute Gasteiger partial charge is 0.185 e. The number of ketones is 1. The molecule has 2 rings (SSSR count). The molecule has 0 aliphatic heterocycles. The number of carbonyl (C=O) groups is 1. The molecule has 0 fully saturated rings. The second-order valence-electron chi connectivity index (χ2n) is 3.81. The highest BCUT2D eigenvalue weighted by atomic mass is 35.5. The van der Waals surface area contributed by atoms with E-state index in [1.54, 1.807) is 36.4 Å². The zero-order valence-electron chi connectivity index (χ0n) is 9.56. The van der Waals surface area contributed by atoms with E-state index in [9.17, 15) is 9.90 Å². The van der Waals surface area contributed by atoms with Gasteiger partial charge in [0, 0.05) is 10.6 Å². The normalized spacial score (nSPS) is 10.1. The number of phenolic OH excluding ortho intramolecular Hbond substituents is 1. The number of hydrogen-bond acceptors (Lipinski definition) is 2. The largest absolute Gasteiger partial charge is 0.508 e. The van der Waals surface area contributed by atoms with Gasteiger partial charge in [-0.3, -0.25) is 4.79 Å². The first-order chi connectivity index (χ1) is 8.61. The van der Waals surface area contributed by atoms with Crippen molar-refractivity contribution in [3.63, 3.8) is 0 Å². The summed E-state index contributed by atoms with van der Waals surface area (Å²) < 4.78 is 0. The van der Waals surface area contributed by atoms with Gasteiger partial charge in [0.05, 0.1) is 0 Å². The Labute approximate surface area is 110 Å². The Morgan fingerprint density at radius 2 is 1.83 bits per heavy atom. The summed E-state index contributed by atoms with van der Waals surface area (Å²) >= 11 is 5.83. The second-order valence-corrected chi connectivity index (χ2v) is 4.24. The molecule has 1 N–H and O–H groups in total. The Kier molecular flexibility index (Phi) is 3.49. The topological polar surface area (TPSA) is 37.3 Å². The highest BCUT2D eigenvalue weighted by molar-refractivity contribution is 6.30. The van der Waals surface area contributed by atoms with Crippen LogP contribution in [-0.2, 0) is 0 Å². The third kappa shape index (κ3) is 2.44. The van der Waals surface area contributed by atoms with Crippen LogP contribution in [0.2, 0.25) is 5.02 Å². The lowest BCUT2D eigenvalue weighted by atomic mass is 9.97. The van der Waals surface area contributed by atoms with Crippen LogP contribution in [-0.4, -0.2) is 10.9 Å². The van der Waals surface area contributed by atoms with Gasteiger partial charge in [0.15, 0.2) is 5.78 Å². The van der Waals surface area contributed by atoms with Crippen molar-refractivity contribution in [2.45, 2.75) is 0 Å². The lowest BCUT2D eigenvalue weighted by Gasteiger charge is -2.08. The number of benzene rings is 2. The fourth-order valence-electron chi connectivity index (χ4n) is 1.73. The number of rotatable bonds is 3. The Morgan fingerprint density at radius 3 is 2.44 bits per heavy atom. The molecule has 0 bridgehead atoms. The molecule has 0 aliphatic rings. The summed E-state index contributed by atoms with van der Waals surface area (Å²) in [5.74, 6) is -0.0690. The molecule has 0 aromatic heterocycles. The summed E-state index contributed by atoms with van der Waals surface area (Å²) in [4.78, 5) is 11.8. The van der Waals surface area contributed by atoms with Crippen LogP contribution in [0, 0.1) is 0 Å². The fraction of sp³-hybridized carbons (Fsp3) is 0. The maximum atomic E-state index is 11.8. The minimum absolute atomic E-state index is 0.112. The van der Waals surface area contributed by atoms with E-state index in [1.807, 2.05) is 0 Å². The van der Waals surface area contributed by atoms with Crippen LogP contribution < -0.4 is 0 Å². The molecule has 2 aromatic carbocycles. The average molecular weight is 259 g/mol. The molecule has 0 amide bonds. The highest BCUT2D eigenvalue weighted by Crippen LogP contribution is 2.29. The number of phenols is 1. The Balaban J connectivity index is 2.61. The molecular formula is C15H11ClO2. The zero-order chi connectivity index (χ0) is 13.1. The Morgan fingerprint density at radius 1 is 1.17 bits per heavy atom. The van der Waals surface area contributed by atoms with E-state index in [1.165, 1.54) is 12.1 Å². The molecule has 90 valence electrons. The molecule has 0 atom stereocenters. The van der Waals surface area contributed by atoms with E-state index in [-0.39, 0.29) is 11.5 Å². The van der Waals surface area contributed by atoms with Crippen molar-refractivity contribution >= 4 is 17.4 Å². The third-order valence-corrected chi connectivity index (χ3v) is 2.86. The van der Waals surface area contributed by atoms with Gasteiger partial charge in [0.25, 0.3) is 0 Å². The van der Waals surface area contributed by atoms with Crippen molar-refractivity contribution in [2.24, 2.45) is 0 Å². The first kappa shape index (κ1) is 12.4. The van der Waals surface area contributed by atoms with Gasteiger partial charge < -0.3 is 5.11 Å². The van der Waals surface area contributed by atoms with E-state index >= 15 is 0 Å². The molecule has 18 heavy (non-hydrogen) atoms. The number of hydrogen-bond donors (Lipinski definition) is 1. The molecule has 0 saturated carbocycles. The van der Waals surface area contributed by atoms with Gasteiger partial charge in [0.1, 0.15) is 5.75 Å². The molecular weight excluding hydrogens is 248 g/mol. The van der Waals surface area contributed by atoms with E-state index in [0.29, 0.717) is 16.1 Å². The minimum Gasteiger partial charge on any atom is -0.508 e. The first-order valence-corrected chi connectivity index (χ1v) is 5.75. The van der Waals surface area contributed by atoms with Crippen LogP contribution in [0.25, 0.3) is 11.1 Å². The molecule has 0 aliphatic carbocycles. The van der Waals surface area contributed by atoms with Crippen molar-refractivity contribution < 1.29 is 9.90 Å². The van der Waals surface area contributed by atoms with Crippen LogP contribution in [0.1, 0.15) is 10.4 Å². The van der Waals surface area contributed by atoms with Crippen molar-refractivity contribution in [3.8, 4) is 16.9 Å². The fourth-order valence-corrected chi connectivity index (χ4v) is 1.85. The van der Waals surface area contributed by atoms with E-state index in [2.05, 4.69) is 6.58 Å². The van der Waals surface area contributed by atoms with Gasteiger partial charge in [-0.1, -0.05) is 30.3 Å². The lowest BCUT2D eigenvalue weighted by molar-refractivity contribution is 0.104. The van der Waals surface area contributed by atoms with Crippen molar-refractivity contribution in [3.05, 3.63) is 65.7 Å². The van der Waals surface area contributed by atoms with Crippen LogP contribution in [0.15, 0.2) is 55.1 Å². The third-order valence-electron chi connectivity index (χ3n) is 2.61. The van der Waals surface area contributed by atoms with Gasteiger partial charge in [-0.05, 0) is 47.5 Å². The monoisotopic (exact) mass is 258 g/mol. The van der Waals surface area contributed by atoms with Crippen LogP contribution in [0.3, 0.4) is 0 Å². The summed E-state index contributed by atoms with van der Waals surface area (Å²) in [6, 6.07) is 11.7. The Bertz CT molecular complexity index is 600.